The van der Waals surface area contributed by atoms with Crippen LogP contribution in [0.2, 0.25) is 0 Å². The zero-order valence-electron chi connectivity index (χ0n) is 10.4. The number of hydrogen-bond acceptors (Lipinski definition) is 3. The van der Waals surface area contributed by atoms with Gasteiger partial charge in [-0.05, 0) is 19.3 Å². The van der Waals surface area contributed by atoms with Crippen molar-refractivity contribution in [2.75, 3.05) is 26.2 Å². The van der Waals surface area contributed by atoms with E-state index in [0.29, 0.717) is 12.1 Å². The number of carbonyl (C=O) groups excluding carboxylic acids is 2. The fourth-order valence-corrected chi connectivity index (χ4v) is 2.90. The summed E-state index contributed by atoms with van der Waals surface area (Å²) in [6.07, 6.45) is 3.97. The minimum Gasteiger partial charge on any atom is -0.355 e. The van der Waals surface area contributed by atoms with Crippen molar-refractivity contribution in [2.24, 2.45) is 0 Å². The molecule has 17 heavy (non-hydrogen) atoms. The number of carbonyl (C=O) groups is 2. The topological polar surface area (TPSA) is 52.7 Å². The van der Waals surface area contributed by atoms with Gasteiger partial charge in [-0.15, -0.1) is 0 Å². The summed E-state index contributed by atoms with van der Waals surface area (Å²) < 4.78 is 0. The highest BCUT2D eigenvalue weighted by Crippen LogP contribution is 2.21. The van der Waals surface area contributed by atoms with E-state index in [2.05, 4.69) is 10.2 Å². The van der Waals surface area contributed by atoms with Gasteiger partial charge in [0.1, 0.15) is 0 Å². The fourth-order valence-electron chi connectivity index (χ4n) is 2.90. The Morgan fingerprint density at radius 2 is 1.94 bits per heavy atom. The first-order valence-corrected chi connectivity index (χ1v) is 6.40. The van der Waals surface area contributed by atoms with E-state index >= 15 is 0 Å². The van der Waals surface area contributed by atoms with Gasteiger partial charge in [0.05, 0.1) is 0 Å². The van der Waals surface area contributed by atoms with Gasteiger partial charge in [0, 0.05) is 45.2 Å². The molecule has 0 saturated carbocycles. The highest BCUT2D eigenvalue weighted by Gasteiger charge is 2.30. The molecule has 0 aromatic rings. The SMILES string of the molecule is CC(=O)N1CCC(N2CCC(NC=O)C2)CC1. The summed E-state index contributed by atoms with van der Waals surface area (Å²) in [6.45, 7) is 5.42. The quantitative estimate of drug-likeness (QED) is 0.695. The van der Waals surface area contributed by atoms with Crippen LogP contribution in [0.3, 0.4) is 0 Å². The minimum atomic E-state index is 0.186. The van der Waals surface area contributed by atoms with Gasteiger partial charge in [-0.25, -0.2) is 0 Å². The molecule has 1 N–H and O–H groups in total. The van der Waals surface area contributed by atoms with E-state index in [1.165, 1.54) is 0 Å². The van der Waals surface area contributed by atoms with Crippen molar-refractivity contribution in [1.29, 1.82) is 0 Å². The molecule has 5 heteroatoms. The number of amides is 2. The molecular formula is C12H21N3O2. The van der Waals surface area contributed by atoms with Gasteiger partial charge in [0.25, 0.3) is 0 Å². The second-order valence-corrected chi connectivity index (χ2v) is 5.00. The Hall–Kier alpha value is -1.10. The molecule has 2 aliphatic rings. The Bertz CT molecular complexity index is 287. The van der Waals surface area contributed by atoms with Crippen LogP contribution in [0.1, 0.15) is 26.2 Å². The largest absolute Gasteiger partial charge is 0.355 e. The van der Waals surface area contributed by atoms with Gasteiger partial charge in [-0.1, -0.05) is 0 Å². The van der Waals surface area contributed by atoms with E-state index in [0.717, 1.165) is 51.9 Å². The summed E-state index contributed by atoms with van der Waals surface area (Å²) in [7, 11) is 0. The Kier molecular flexibility index (Phi) is 3.99. The van der Waals surface area contributed by atoms with Crippen molar-refractivity contribution in [3.63, 3.8) is 0 Å². The van der Waals surface area contributed by atoms with Crippen LogP contribution in [-0.2, 0) is 9.59 Å². The van der Waals surface area contributed by atoms with Crippen molar-refractivity contribution in [2.45, 2.75) is 38.3 Å². The van der Waals surface area contributed by atoms with Gasteiger partial charge in [-0.3, -0.25) is 14.5 Å². The van der Waals surface area contributed by atoms with Crippen molar-refractivity contribution in [3.8, 4) is 0 Å². The molecule has 2 heterocycles. The molecule has 0 spiro atoms. The lowest BCUT2D eigenvalue weighted by Gasteiger charge is -2.36. The van der Waals surface area contributed by atoms with Crippen LogP contribution in [0, 0.1) is 0 Å². The van der Waals surface area contributed by atoms with Crippen molar-refractivity contribution in [1.82, 2.24) is 15.1 Å². The maximum atomic E-state index is 11.2. The molecule has 0 aromatic heterocycles. The lowest BCUT2D eigenvalue weighted by Crippen LogP contribution is -2.46. The van der Waals surface area contributed by atoms with Crippen molar-refractivity contribution in [3.05, 3.63) is 0 Å². The first-order chi connectivity index (χ1) is 8.20. The lowest BCUT2D eigenvalue weighted by molar-refractivity contribution is -0.130. The molecule has 5 nitrogen and oxygen atoms in total. The van der Waals surface area contributed by atoms with Gasteiger partial charge < -0.3 is 10.2 Å². The summed E-state index contributed by atoms with van der Waals surface area (Å²) in [5, 5.41) is 2.85. The predicted octanol–water partition coefficient (Wildman–Crippen LogP) is -0.182. The van der Waals surface area contributed by atoms with Crippen LogP contribution in [0.4, 0.5) is 0 Å². The number of rotatable bonds is 3. The van der Waals surface area contributed by atoms with Gasteiger partial charge >= 0.3 is 0 Å². The normalized spacial score (nSPS) is 27.1. The highest BCUT2D eigenvalue weighted by atomic mass is 16.2. The molecule has 2 saturated heterocycles. The number of nitrogens with one attached hydrogen (secondary N) is 1. The molecular weight excluding hydrogens is 218 g/mol. The molecule has 1 atom stereocenters. The van der Waals surface area contributed by atoms with Crippen molar-refractivity contribution >= 4 is 12.3 Å². The summed E-state index contributed by atoms with van der Waals surface area (Å²) >= 11 is 0. The van der Waals surface area contributed by atoms with E-state index in [-0.39, 0.29) is 5.91 Å². The van der Waals surface area contributed by atoms with Crippen LogP contribution < -0.4 is 5.32 Å². The zero-order valence-corrected chi connectivity index (χ0v) is 10.4. The molecule has 96 valence electrons. The first-order valence-electron chi connectivity index (χ1n) is 6.40. The third kappa shape index (κ3) is 2.97. The fraction of sp³-hybridized carbons (Fsp3) is 0.833. The lowest BCUT2D eigenvalue weighted by atomic mass is 10.0. The number of hydrogen-bond donors (Lipinski definition) is 1. The van der Waals surface area contributed by atoms with Crippen LogP contribution in [0.25, 0.3) is 0 Å². The first kappa shape index (κ1) is 12.4. The van der Waals surface area contributed by atoms with Gasteiger partial charge in [0.15, 0.2) is 0 Å². The molecule has 2 fully saturated rings. The van der Waals surface area contributed by atoms with Crippen LogP contribution in [-0.4, -0.2) is 60.4 Å². The van der Waals surface area contributed by atoms with E-state index in [1.54, 1.807) is 6.92 Å². The molecule has 2 rings (SSSR count). The molecule has 1 unspecified atom stereocenters. The Morgan fingerprint density at radius 1 is 1.24 bits per heavy atom. The molecule has 0 bridgehead atoms. The second-order valence-electron chi connectivity index (χ2n) is 5.00. The van der Waals surface area contributed by atoms with E-state index in [4.69, 9.17) is 0 Å². The Balaban J connectivity index is 1.78. The third-order valence-electron chi connectivity index (χ3n) is 3.95. The van der Waals surface area contributed by atoms with E-state index < -0.39 is 0 Å². The number of nitrogens with zero attached hydrogens (tertiary/aromatic N) is 2. The summed E-state index contributed by atoms with van der Waals surface area (Å²) in [6, 6.07) is 0.905. The van der Waals surface area contributed by atoms with Gasteiger partial charge in [-0.2, -0.15) is 0 Å². The molecule has 0 radical (unpaired) electrons. The molecule has 0 aromatic carbocycles. The maximum Gasteiger partial charge on any atom is 0.219 e. The maximum absolute atomic E-state index is 11.2. The summed E-state index contributed by atoms with van der Waals surface area (Å²) in [5.74, 6) is 0.186. The Labute approximate surface area is 102 Å². The standard InChI is InChI=1S/C12H21N3O2/c1-10(17)14-6-3-12(4-7-14)15-5-2-11(8-15)13-9-16/h9,11-12H,2-8H2,1H3,(H,13,16). The zero-order chi connectivity index (χ0) is 12.3. The smallest absolute Gasteiger partial charge is 0.219 e. The Morgan fingerprint density at radius 3 is 2.53 bits per heavy atom. The predicted molar refractivity (Wildman–Crippen MR) is 64.5 cm³/mol. The van der Waals surface area contributed by atoms with E-state index in [9.17, 15) is 9.59 Å². The summed E-state index contributed by atoms with van der Waals surface area (Å²) in [5.41, 5.74) is 0. The monoisotopic (exact) mass is 239 g/mol. The number of piperidine rings is 1. The highest BCUT2D eigenvalue weighted by molar-refractivity contribution is 5.73. The van der Waals surface area contributed by atoms with Gasteiger partial charge in [0.2, 0.25) is 12.3 Å². The summed E-state index contributed by atoms with van der Waals surface area (Å²) in [4.78, 5) is 26.0. The number of likely N-dealkylation sites (tertiary alicyclic amines) is 2. The van der Waals surface area contributed by atoms with Crippen LogP contribution >= 0.6 is 0 Å². The van der Waals surface area contributed by atoms with Crippen molar-refractivity contribution < 1.29 is 9.59 Å². The van der Waals surface area contributed by atoms with E-state index in [1.807, 2.05) is 4.90 Å². The second kappa shape index (κ2) is 5.49. The minimum absolute atomic E-state index is 0.186. The molecule has 0 aliphatic carbocycles. The average Bonchev–Trinajstić information content (AvgIpc) is 2.78. The molecule has 2 aliphatic heterocycles. The van der Waals surface area contributed by atoms with Crippen LogP contribution in [0.5, 0.6) is 0 Å². The van der Waals surface area contributed by atoms with Crippen LogP contribution in [0.15, 0.2) is 0 Å². The average molecular weight is 239 g/mol. The third-order valence-corrected chi connectivity index (χ3v) is 3.95. The molecule has 2 amide bonds.